The molecule has 6 fully saturated rings. The normalized spacial score (nSPS) is 36.5. The lowest BCUT2D eigenvalue weighted by atomic mass is 9.92. The quantitative estimate of drug-likeness (QED) is 0.444. The lowest BCUT2D eigenvalue weighted by Crippen LogP contribution is -2.50. The summed E-state index contributed by atoms with van der Waals surface area (Å²) < 4.78 is 11.6. The van der Waals surface area contributed by atoms with E-state index in [0.29, 0.717) is 24.9 Å². The van der Waals surface area contributed by atoms with Gasteiger partial charge in [-0.15, -0.1) is 0 Å². The highest BCUT2D eigenvalue weighted by molar-refractivity contribution is 5.69. The number of carbonyl (C=O) groups is 2. The molecule has 0 aromatic heterocycles. The summed E-state index contributed by atoms with van der Waals surface area (Å²) in [6, 6.07) is 1.53. The van der Waals surface area contributed by atoms with E-state index < -0.39 is 0 Å². The molecule has 0 radical (unpaired) electrons. The number of hydrogen-bond acceptors (Lipinski definition) is 6. The molecule has 0 amide bonds. The predicted octanol–water partition coefficient (Wildman–Crippen LogP) is 5.57. The van der Waals surface area contributed by atoms with Gasteiger partial charge in [-0.25, -0.2) is 0 Å². The molecule has 6 aliphatic heterocycles. The number of piperidine rings is 2. The van der Waals surface area contributed by atoms with E-state index in [9.17, 15) is 9.59 Å². The van der Waals surface area contributed by atoms with Gasteiger partial charge in [-0.3, -0.25) is 9.59 Å². The van der Waals surface area contributed by atoms with Crippen molar-refractivity contribution in [1.82, 2.24) is 10.6 Å². The minimum atomic E-state index is -0.0193. The van der Waals surface area contributed by atoms with Crippen LogP contribution in [-0.4, -0.2) is 48.3 Å². The molecule has 6 heteroatoms. The Morgan fingerprint density at radius 1 is 0.529 bits per heavy atom. The average molecular weight is 479 g/mol. The van der Waals surface area contributed by atoms with Crippen LogP contribution in [-0.2, 0) is 19.1 Å². The van der Waals surface area contributed by atoms with E-state index in [4.69, 9.17) is 9.47 Å². The van der Waals surface area contributed by atoms with Crippen LogP contribution in [0.3, 0.4) is 0 Å². The largest absolute Gasteiger partial charge is 0.461 e. The lowest BCUT2D eigenvalue weighted by Gasteiger charge is -2.35. The van der Waals surface area contributed by atoms with E-state index in [1.54, 1.807) is 0 Å². The Morgan fingerprint density at radius 3 is 1.32 bits per heavy atom. The third-order valence-electron chi connectivity index (χ3n) is 8.14. The van der Waals surface area contributed by atoms with Gasteiger partial charge in [-0.2, -0.15) is 0 Å². The highest BCUT2D eigenvalue weighted by atomic mass is 16.5. The van der Waals surface area contributed by atoms with Crippen LogP contribution in [0, 0.1) is 0 Å². The minimum Gasteiger partial charge on any atom is -0.461 e. The first-order valence-electron chi connectivity index (χ1n) is 14.4. The highest BCUT2D eigenvalue weighted by Gasteiger charge is 2.30. The Hall–Kier alpha value is -1.14. The molecule has 0 saturated carbocycles. The number of ether oxygens (including phenoxy) is 2. The summed E-state index contributed by atoms with van der Waals surface area (Å²) >= 11 is 0. The van der Waals surface area contributed by atoms with Crippen molar-refractivity contribution in [2.45, 2.75) is 166 Å². The van der Waals surface area contributed by atoms with Crippen LogP contribution in [0.4, 0.5) is 0 Å². The summed E-state index contributed by atoms with van der Waals surface area (Å²) in [5.41, 5.74) is 0. The van der Waals surface area contributed by atoms with Crippen LogP contribution in [0.25, 0.3) is 0 Å². The van der Waals surface area contributed by atoms with Gasteiger partial charge in [0, 0.05) is 37.0 Å². The second kappa shape index (κ2) is 15.1. The van der Waals surface area contributed by atoms with E-state index in [1.807, 2.05) is 0 Å². The Balaban J connectivity index is 1.43. The summed E-state index contributed by atoms with van der Waals surface area (Å²) in [5, 5.41) is 7.35. The second-order valence-corrected chi connectivity index (χ2v) is 11.1. The maximum Gasteiger partial charge on any atom is 0.306 e. The summed E-state index contributed by atoms with van der Waals surface area (Å²) in [6.07, 6.45) is 18.9. The summed E-state index contributed by atoms with van der Waals surface area (Å²) in [5.74, 6) is -0.0385. The topological polar surface area (TPSA) is 76.7 Å². The Bertz CT molecular complexity index is 561. The van der Waals surface area contributed by atoms with Gasteiger partial charge in [0.2, 0.25) is 0 Å². The van der Waals surface area contributed by atoms with Gasteiger partial charge in [-0.05, 0) is 65.2 Å². The average Bonchev–Trinajstić information content (AvgIpc) is 2.80. The van der Waals surface area contributed by atoms with Gasteiger partial charge in [0.25, 0.3) is 0 Å². The zero-order valence-electron chi connectivity index (χ0n) is 21.8. The van der Waals surface area contributed by atoms with Crippen molar-refractivity contribution < 1.29 is 19.1 Å². The predicted molar refractivity (Wildman–Crippen MR) is 136 cm³/mol. The molecule has 6 nitrogen and oxygen atoms in total. The zero-order valence-corrected chi connectivity index (χ0v) is 21.8. The van der Waals surface area contributed by atoms with E-state index in [1.165, 1.54) is 51.4 Å². The first-order chi connectivity index (χ1) is 16.5. The first-order valence-corrected chi connectivity index (χ1v) is 14.4. The standard InChI is InChI=1S/C28H50N2O4/c1-21-25-19-17-23(29-21)13-9-5-3-8-12-16-28(32)34-26-20-18-24(30-22(26)2)14-10-6-4-7-11-15-27(31)33-25/h21-26,29-30H,3-20H2,1-2H3/t21-,22+,23-,24-,25+,26+/m1/s1. The number of esters is 2. The molecular weight excluding hydrogens is 428 g/mol. The van der Waals surface area contributed by atoms with E-state index >= 15 is 0 Å². The van der Waals surface area contributed by atoms with Gasteiger partial charge in [0.05, 0.1) is 0 Å². The fourth-order valence-corrected chi connectivity index (χ4v) is 5.97. The van der Waals surface area contributed by atoms with Crippen molar-refractivity contribution in [2.24, 2.45) is 0 Å². The van der Waals surface area contributed by atoms with E-state index in [0.717, 1.165) is 51.4 Å². The summed E-state index contributed by atoms with van der Waals surface area (Å²) in [7, 11) is 0. The van der Waals surface area contributed by atoms with Gasteiger partial charge >= 0.3 is 11.9 Å². The van der Waals surface area contributed by atoms with E-state index in [-0.39, 0.29) is 36.2 Å². The first kappa shape index (κ1) is 27.4. The van der Waals surface area contributed by atoms with Crippen LogP contribution >= 0.6 is 0 Å². The second-order valence-electron chi connectivity index (χ2n) is 11.1. The van der Waals surface area contributed by atoms with Crippen LogP contribution in [0.2, 0.25) is 0 Å². The van der Waals surface area contributed by atoms with Gasteiger partial charge in [0.1, 0.15) is 12.2 Å². The molecule has 0 unspecified atom stereocenters. The minimum absolute atomic E-state index is 0.0193. The monoisotopic (exact) mass is 478 g/mol. The Labute approximate surface area is 207 Å². The molecule has 6 heterocycles. The molecule has 0 spiro atoms. The van der Waals surface area contributed by atoms with Crippen molar-refractivity contribution in [3.05, 3.63) is 0 Å². The maximum absolute atomic E-state index is 12.3. The number of rotatable bonds is 0. The fraction of sp³-hybridized carbons (Fsp3) is 0.929. The Morgan fingerprint density at radius 2 is 0.912 bits per heavy atom. The number of carbonyl (C=O) groups excluding carboxylic acids is 2. The molecular formula is C28H50N2O4. The molecule has 6 rings (SSSR count). The molecule has 4 bridgehead atoms. The third-order valence-corrected chi connectivity index (χ3v) is 8.14. The van der Waals surface area contributed by atoms with Crippen LogP contribution in [0.5, 0.6) is 0 Å². The molecule has 2 N–H and O–H groups in total. The molecule has 0 aliphatic carbocycles. The fourth-order valence-electron chi connectivity index (χ4n) is 5.97. The van der Waals surface area contributed by atoms with E-state index in [2.05, 4.69) is 24.5 Å². The third kappa shape index (κ3) is 9.85. The Kier molecular flexibility index (Phi) is 12.2. The highest BCUT2D eigenvalue weighted by Crippen LogP contribution is 2.23. The molecule has 34 heavy (non-hydrogen) atoms. The van der Waals surface area contributed by atoms with Crippen molar-refractivity contribution in [3.63, 3.8) is 0 Å². The zero-order chi connectivity index (χ0) is 24.2. The maximum atomic E-state index is 12.3. The lowest BCUT2D eigenvalue weighted by molar-refractivity contribution is -0.153. The molecule has 0 aromatic rings. The molecule has 196 valence electrons. The van der Waals surface area contributed by atoms with Gasteiger partial charge in [0.15, 0.2) is 0 Å². The van der Waals surface area contributed by atoms with Crippen molar-refractivity contribution in [3.8, 4) is 0 Å². The van der Waals surface area contributed by atoms with Crippen LogP contribution in [0.15, 0.2) is 0 Å². The summed E-state index contributed by atoms with van der Waals surface area (Å²) in [4.78, 5) is 24.6. The smallest absolute Gasteiger partial charge is 0.306 e. The molecule has 0 aromatic carbocycles. The molecule has 6 aliphatic rings. The molecule has 6 atom stereocenters. The molecule has 6 saturated heterocycles. The van der Waals surface area contributed by atoms with Crippen molar-refractivity contribution >= 4 is 11.9 Å². The van der Waals surface area contributed by atoms with Crippen LogP contribution < -0.4 is 10.6 Å². The SMILES string of the molecule is C[C@@H]1N[C@@H]2CCCCCCCC(=O)O[C@H]3CC[C@@H](CCCCCCCC(=O)O[C@H]1CC2)N[C@@H]3C. The van der Waals surface area contributed by atoms with Crippen LogP contribution in [0.1, 0.15) is 129 Å². The number of hydrogen-bond donors (Lipinski definition) is 2. The van der Waals surface area contributed by atoms with Crippen molar-refractivity contribution in [2.75, 3.05) is 0 Å². The van der Waals surface area contributed by atoms with Gasteiger partial charge in [-0.1, -0.05) is 51.4 Å². The summed E-state index contributed by atoms with van der Waals surface area (Å²) in [6.45, 7) is 4.31. The number of nitrogens with one attached hydrogen (secondary N) is 2. The van der Waals surface area contributed by atoms with Gasteiger partial charge < -0.3 is 20.1 Å². The van der Waals surface area contributed by atoms with Crippen molar-refractivity contribution in [1.29, 1.82) is 0 Å².